The van der Waals surface area contributed by atoms with E-state index in [0.29, 0.717) is 27.8 Å². The van der Waals surface area contributed by atoms with Gasteiger partial charge in [0.15, 0.2) is 0 Å². The molecule has 0 aromatic carbocycles. The molecule has 134 valence electrons. The van der Waals surface area contributed by atoms with Gasteiger partial charge in [-0.05, 0) is 61.4 Å². The Labute approximate surface area is 158 Å². The van der Waals surface area contributed by atoms with Gasteiger partial charge in [-0.3, -0.25) is 4.90 Å². The fourth-order valence-corrected chi connectivity index (χ4v) is 3.26. The van der Waals surface area contributed by atoms with Gasteiger partial charge >= 0.3 is 6.09 Å². The number of halogens is 2. The van der Waals surface area contributed by atoms with Crippen molar-refractivity contribution in [2.45, 2.75) is 59.0 Å². The van der Waals surface area contributed by atoms with Crippen molar-refractivity contribution in [2.24, 2.45) is 11.8 Å². The van der Waals surface area contributed by atoms with Gasteiger partial charge in [0.2, 0.25) is 0 Å². The molecule has 4 nitrogen and oxygen atoms in total. The van der Waals surface area contributed by atoms with Crippen molar-refractivity contribution in [1.29, 1.82) is 0 Å². The first kappa shape index (κ1) is 19.5. The minimum Gasteiger partial charge on any atom is -0.443 e. The van der Waals surface area contributed by atoms with E-state index in [1.807, 2.05) is 20.8 Å². The molecule has 1 fully saturated rings. The molecule has 1 heterocycles. The van der Waals surface area contributed by atoms with Crippen molar-refractivity contribution in [3.63, 3.8) is 0 Å². The zero-order chi connectivity index (χ0) is 17.9. The van der Waals surface area contributed by atoms with E-state index in [4.69, 9.17) is 16.3 Å². The maximum atomic E-state index is 12.7. The summed E-state index contributed by atoms with van der Waals surface area (Å²) in [5, 5.41) is 0.533. The van der Waals surface area contributed by atoms with Gasteiger partial charge in [-0.15, -0.1) is 0 Å². The molecule has 2 rings (SSSR count). The SMILES string of the molecule is CC1CCC(CN(C(=O)OC(C)(C)C)c2cc(Cl)c(Br)cn2)CC1. The number of aromatic nitrogens is 1. The van der Waals surface area contributed by atoms with Crippen LogP contribution in [0.15, 0.2) is 16.7 Å². The molecule has 1 aromatic heterocycles. The van der Waals surface area contributed by atoms with Gasteiger partial charge in [0.25, 0.3) is 0 Å². The van der Waals surface area contributed by atoms with Crippen LogP contribution in [0.2, 0.25) is 5.02 Å². The van der Waals surface area contributed by atoms with Crippen molar-refractivity contribution in [3.8, 4) is 0 Å². The van der Waals surface area contributed by atoms with E-state index in [-0.39, 0.29) is 6.09 Å². The highest BCUT2D eigenvalue weighted by Crippen LogP contribution is 2.31. The van der Waals surface area contributed by atoms with E-state index < -0.39 is 5.60 Å². The molecule has 0 unspecified atom stereocenters. The lowest BCUT2D eigenvalue weighted by atomic mass is 9.83. The molecule has 0 atom stereocenters. The van der Waals surface area contributed by atoms with E-state index >= 15 is 0 Å². The summed E-state index contributed by atoms with van der Waals surface area (Å²) in [5.41, 5.74) is -0.546. The summed E-state index contributed by atoms with van der Waals surface area (Å²) in [6, 6.07) is 1.71. The number of pyridine rings is 1. The van der Waals surface area contributed by atoms with E-state index in [0.717, 1.165) is 18.8 Å². The van der Waals surface area contributed by atoms with E-state index in [9.17, 15) is 4.79 Å². The van der Waals surface area contributed by atoms with Crippen LogP contribution in [0, 0.1) is 11.8 Å². The van der Waals surface area contributed by atoms with Crippen LogP contribution in [0.5, 0.6) is 0 Å². The maximum Gasteiger partial charge on any atom is 0.416 e. The predicted octanol–water partition coefficient (Wildman–Crippen LogP) is 6.07. The first-order valence-corrected chi connectivity index (χ1v) is 9.64. The Morgan fingerprint density at radius 3 is 2.54 bits per heavy atom. The number of carbonyl (C=O) groups excluding carboxylic acids is 1. The van der Waals surface area contributed by atoms with Crippen LogP contribution in [-0.4, -0.2) is 23.2 Å². The summed E-state index contributed by atoms with van der Waals surface area (Å²) in [6.07, 6.45) is 5.93. The Kier molecular flexibility index (Phi) is 6.54. The molecule has 1 aliphatic carbocycles. The molecule has 1 saturated carbocycles. The minimum atomic E-state index is -0.546. The van der Waals surface area contributed by atoms with Crippen molar-refractivity contribution in [1.82, 2.24) is 4.98 Å². The number of anilines is 1. The van der Waals surface area contributed by atoms with Gasteiger partial charge < -0.3 is 4.74 Å². The molecule has 6 heteroatoms. The third-order valence-electron chi connectivity index (χ3n) is 4.26. The van der Waals surface area contributed by atoms with Gasteiger partial charge in [-0.25, -0.2) is 9.78 Å². The lowest BCUT2D eigenvalue weighted by molar-refractivity contribution is 0.0569. The highest BCUT2D eigenvalue weighted by atomic mass is 79.9. The lowest BCUT2D eigenvalue weighted by Crippen LogP contribution is -2.40. The highest BCUT2D eigenvalue weighted by molar-refractivity contribution is 9.10. The fraction of sp³-hybridized carbons (Fsp3) is 0.667. The predicted molar refractivity (Wildman–Crippen MR) is 102 cm³/mol. The topological polar surface area (TPSA) is 42.4 Å². The van der Waals surface area contributed by atoms with E-state index in [1.165, 1.54) is 12.8 Å². The average molecular weight is 418 g/mol. The van der Waals surface area contributed by atoms with Crippen LogP contribution in [0.4, 0.5) is 10.6 Å². The van der Waals surface area contributed by atoms with Crippen molar-refractivity contribution in [2.75, 3.05) is 11.4 Å². The van der Waals surface area contributed by atoms with Gasteiger partial charge in [0.05, 0.1) is 9.50 Å². The zero-order valence-electron chi connectivity index (χ0n) is 14.8. The second-order valence-electron chi connectivity index (χ2n) is 7.67. The van der Waals surface area contributed by atoms with Crippen LogP contribution in [0.1, 0.15) is 53.4 Å². The van der Waals surface area contributed by atoms with Crippen LogP contribution in [-0.2, 0) is 4.74 Å². The zero-order valence-corrected chi connectivity index (χ0v) is 17.2. The maximum absolute atomic E-state index is 12.7. The van der Waals surface area contributed by atoms with Gasteiger partial charge in [-0.2, -0.15) is 0 Å². The normalized spacial score (nSPS) is 21.4. The molecule has 0 radical (unpaired) electrons. The van der Waals surface area contributed by atoms with Crippen LogP contribution in [0.25, 0.3) is 0 Å². The van der Waals surface area contributed by atoms with E-state index in [2.05, 4.69) is 27.8 Å². The molecule has 0 spiro atoms. The Hall–Kier alpha value is -0.810. The fourth-order valence-electron chi connectivity index (χ4n) is 2.90. The minimum absolute atomic E-state index is 0.369. The molecule has 1 amide bonds. The largest absolute Gasteiger partial charge is 0.443 e. The summed E-state index contributed by atoms with van der Waals surface area (Å²) in [6.45, 7) is 8.51. The van der Waals surface area contributed by atoms with Crippen LogP contribution in [0.3, 0.4) is 0 Å². The summed E-state index contributed by atoms with van der Waals surface area (Å²) in [4.78, 5) is 18.7. The Morgan fingerprint density at radius 2 is 2.00 bits per heavy atom. The standard InChI is InChI=1S/C18H26BrClN2O2/c1-12-5-7-13(8-6-12)11-22(17(23)24-18(2,3)4)16-9-15(20)14(19)10-21-16/h9-10,12-13H,5-8,11H2,1-4H3. The molecule has 0 saturated heterocycles. The highest BCUT2D eigenvalue weighted by Gasteiger charge is 2.28. The number of nitrogens with zero attached hydrogens (tertiary/aromatic N) is 2. The van der Waals surface area contributed by atoms with Gasteiger partial charge in [0, 0.05) is 18.8 Å². The first-order chi connectivity index (χ1) is 11.2. The summed E-state index contributed by atoms with van der Waals surface area (Å²) in [7, 11) is 0. The Morgan fingerprint density at radius 1 is 1.38 bits per heavy atom. The monoisotopic (exact) mass is 416 g/mol. The molecule has 1 aliphatic rings. The number of ether oxygens (including phenoxy) is 1. The molecule has 0 N–H and O–H groups in total. The lowest BCUT2D eigenvalue weighted by Gasteiger charge is -2.32. The summed E-state index contributed by atoms with van der Waals surface area (Å²) in [5.74, 6) is 1.78. The van der Waals surface area contributed by atoms with Crippen LogP contribution >= 0.6 is 27.5 Å². The van der Waals surface area contributed by atoms with Gasteiger partial charge in [-0.1, -0.05) is 31.4 Å². The molecular formula is C18H26BrClN2O2. The molecule has 0 bridgehead atoms. The number of amides is 1. The summed E-state index contributed by atoms with van der Waals surface area (Å²) >= 11 is 9.53. The van der Waals surface area contributed by atoms with Crippen molar-refractivity contribution in [3.05, 3.63) is 21.8 Å². The Bertz CT molecular complexity index is 581. The van der Waals surface area contributed by atoms with Gasteiger partial charge in [0.1, 0.15) is 11.4 Å². The molecular weight excluding hydrogens is 392 g/mol. The molecule has 1 aromatic rings. The molecule has 0 aliphatic heterocycles. The first-order valence-electron chi connectivity index (χ1n) is 8.47. The quantitative estimate of drug-likeness (QED) is 0.600. The molecule has 24 heavy (non-hydrogen) atoms. The van der Waals surface area contributed by atoms with Crippen molar-refractivity contribution >= 4 is 39.4 Å². The Balaban J connectivity index is 2.20. The van der Waals surface area contributed by atoms with Crippen LogP contribution < -0.4 is 4.90 Å². The number of carbonyl (C=O) groups is 1. The third kappa shape index (κ3) is 5.62. The van der Waals surface area contributed by atoms with E-state index in [1.54, 1.807) is 17.2 Å². The number of rotatable bonds is 3. The number of hydrogen-bond acceptors (Lipinski definition) is 3. The van der Waals surface area contributed by atoms with Crippen molar-refractivity contribution < 1.29 is 9.53 Å². The second-order valence-corrected chi connectivity index (χ2v) is 8.93. The average Bonchev–Trinajstić information content (AvgIpc) is 2.48. The summed E-state index contributed by atoms with van der Waals surface area (Å²) < 4.78 is 6.29. The third-order valence-corrected chi connectivity index (χ3v) is 5.43. The smallest absolute Gasteiger partial charge is 0.416 e. The second kappa shape index (κ2) is 8.05. The number of hydrogen-bond donors (Lipinski definition) is 0.